The number of nitrogens with zero attached hydrogens (tertiary/aromatic N) is 2. The van der Waals surface area contributed by atoms with E-state index in [1.807, 2.05) is 17.9 Å². The molecule has 3 rings (SSSR count). The molecule has 7 heteroatoms. The van der Waals surface area contributed by atoms with E-state index in [-0.39, 0.29) is 24.3 Å². The first-order valence-electron chi connectivity index (χ1n) is 9.08. The van der Waals surface area contributed by atoms with E-state index in [0.29, 0.717) is 63.0 Å². The molecule has 0 aliphatic carbocycles. The van der Waals surface area contributed by atoms with Crippen LogP contribution >= 0.6 is 11.6 Å². The fraction of sp³-hybridized carbons (Fsp3) is 0.579. The van der Waals surface area contributed by atoms with Crippen LogP contribution in [0.2, 0.25) is 5.02 Å². The van der Waals surface area contributed by atoms with E-state index in [2.05, 4.69) is 0 Å². The van der Waals surface area contributed by atoms with E-state index in [1.165, 1.54) is 0 Å². The van der Waals surface area contributed by atoms with Crippen molar-refractivity contribution < 1.29 is 19.1 Å². The third kappa shape index (κ3) is 4.68. The summed E-state index contributed by atoms with van der Waals surface area (Å²) in [6.45, 7) is 5.68. The Morgan fingerprint density at radius 1 is 1.15 bits per heavy atom. The molecule has 0 bridgehead atoms. The average Bonchev–Trinajstić information content (AvgIpc) is 2.69. The second-order valence-electron chi connectivity index (χ2n) is 6.79. The number of ether oxygens (including phenoxy) is 2. The van der Waals surface area contributed by atoms with Gasteiger partial charge in [0.1, 0.15) is 5.75 Å². The largest absolute Gasteiger partial charge is 0.484 e. The molecule has 2 heterocycles. The molecule has 0 N–H and O–H groups in total. The van der Waals surface area contributed by atoms with Crippen LogP contribution in [0.15, 0.2) is 18.2 Å². The van der Waals surface area contributed by atoms with Gasteiger partial charge in [-0.25, -0.2) is 0 Å². The first-order valence-corrected chi connectivity index (χ1v) is 9.45. The third-order valence-electron chi connectivity index (χ3n) is 5.01. The molecule has 0 radical (unpaired) electrons. The zero-order chi connectivity index (χ0) is 18.5. The fourth-order valence-electron chi connectivity index (χ4n) is 3.36. The summed E-state index contributed by atoms with van der Waals surface area (Å²) in [6, 6.07) is 5.35. The van der Waals surface area contributed by atoms with Gasteiger partial charge in [-0.05, 0) is 43.5 Å². The van der Waals surface area contributed by atoms with Crippen molar-refractivity contribution in [2.45, 2.75) is 19.8 Å². The number of likely N-dealkylation sites (tertiary alicyclic amines) is 1. The van der Waals surface area contributed by atoms with Crippen molar-refractivity contribution in [3.05, 3.63) is 28.8 Å². The summed E-state index contributed by atoms with van der Waals surface area (Å²) < 4.78 is 10.9. The second-order valence-corrected chi connectivity index (χ2v) is 7.20. The molecule has 6 nitrogen and oxygen atoms in total. The maximum absolute atomic E-state index is 12.5. The number of aryl methyl sites for hydroxylation is 1. The van der Waals surface area contributed by atoms with Crippen molar-refractivity contribution in [1.29, 1.82) is 0 Å². The zero-order valence-electron chi connectivity index (χ0n) is 15.1. The molecule has 1 aromatic rings. The lowest BCUT2D eigenvalue weighted by Crippen LogP contribution is -2.48. The van der Waals surface area contributed by atoms with Gasteiger partial charge in [-0.15, -0.1) is 0 Å². The first kappa shape index (κ1) is 19.0. The molecule has 2 amide bonds. The topological polar surface area (TPSA) is 59.1 Å². The number of morpholine rings is 1. The Kier molecular flexibility index (Phi) is 6.38. The summed E-state index contributed by atoms with van der Waals surface area (Å²) in [4.78, 5) is 28.6. The zero-order valence-corrected chi connectivity index (χ0v) is 15.8. The van der Waals surface area contributed by atoms with Gasteiger partial charge in [-0.3, -0.25) is 9.59 Å². The van der Waals surface area contributed by atoms with Crippen molar-refractivity contribution in [3.8, 4) is 5.75 Å². The average molecular weight is 381 g/mol. The number of halogens is 1. The summed E-state index contributed by atoms with van der Waals surface area (Å²) >= 11 is 5.99. The van der Waals surface area contributed by atoms with Gasteiger partial charge < -0.3 is 19.3 Å². The minimum atomic E-state index is -0.0464. The Hall–Kier alpha value is -1.79. The number of benzene rings is 1. The van der Waals surface area contributed by atoms with Crippen LogP contribution in [0.1, 0.15) is 18.4 Å². The maximum Gasteiger partial charge on any atom is 0.260 e. The molecule has 142 valence electrons. The second kappa shape index (κ2) is 8.73. The molecule has 2 fully saturated rings. The Morgan fingerprint density at radius 2 is 1.85 bits per heavy atom. The summed E-state index contributed by atoms with van der Waals surface area (Å²) in [5.74, 6) is 0.803. The predicted octanol–water partition coefficient (Wildman–Crippen LogP) is 2.12. The molecular weight excluding hydrogens is 356 g/mol. The lowest BCUT2D eigenvalue weighted by atomic mass is 9.95. The standard InChI is InChI=1S/C19H25ClN2O4/c1-14-12-16(2-3-17(14)20)26-13-18(23)21-6-4-15(5-7-21)19(24)22-8-10-25-11-9-22/h2-3,12,15H,4-11,13H2,1H3. The Labute approximate surface area is 159 Å². The molecule has 2 aliphatic heterocycles. The lowest BCUT2D eigenvalue weighted by Gasteiger charge is -2.35. The molecule has 2 saturated heterocycles. The van der Waals surface area contributed by atoms with Crippen LogP contribution in [-0.2, 0) is 14.3 Å². The monoisotopic (exact) mass is 380 g/mol. The van der Waals surface area contributed by atoms with E-state index in [9.17, 15) is 9.59 Å². The van der Waals surface area contributed by atoms with Crippen LogP contribution in [0.5, 0.6) is 5.75 Å². The third-order valence-corrected chi connectivity index (χ3v) is 5.44. The van der Waals surface area contributed by atoms with Gasteiger partial charge in [0.25, 0.3) is 5.91 Å². The van der Waals surface area contributed by atoms with Crippen molar-refractivity contribution in [2.24, 2.45) is 5.92 Å². The van der Waals surface area contributed by atoms with Gasteiger partial charge in [0.2, 0.25) is 5.91 Å². The highest BCUT2D eigenvalue weighted by Gasteiger charge is 2.30. The lowest BCUT2D eigenvalue weighted by molar-refractivity contribution is -0.144. The molecular formula is C19H25ClN2O4. The van der Waals surface area contributed by atoms with Crippen molar-refractivity contribution in [1.82, 2.24) is 9.80 Å². The number of carbonyl (C=O) groups excluding carboxylic acids is 2. The van der Waals surface area contributed by atoms with Crippen LogP contribution < -0.4 is 4.74 Å². The van der Waals surface area contributed by atoms with Crippen molar-refractivity contribution in [2.75, 3.05) is 46.0 Å². The quantitative estimate of drug-likeness (QED) is 0.802. The highest BCUT2D eigenvalue weighted by Crippen LogP contribution is 2.22. The maximum atomic E-state index is 12.5. The predicted molar refractivity (Wildman–Crippen MR) is 98.4 cm³/mol. The number of hydrogen-bond acceptors (Lipinski definition) is 4. The van der Waals surface area contributed by atoms with E-state index in [4.69, 9.17) is 21.1 Å². The first-order chi connectivity index (χ1) is 12.5. The van der Waals surface area contributed by atoms with Gasteiger partial charge in [0.15, 0.2) is 6.61 Å². The molecule has 26 heavy (non-hydrogen) atoms. The molecule has 1 aromatic carbocycles. The number of rotatable bonds is 4. The Morgan fingerprint density at radius 3 is 2.50 bits per heavy atom. The fourth-order valence-corrected chi connectivity index (χ4v) is 3.48. The minimum absolute atomic E-state index is 0.00312. The van der Waals surface area contributed by atoms with Crippen LogP contribution in [-0.4, -0.2) is 67.6 Å². The number of amides is 2. The van der Waals surface area contributed by atoms with E-state index in [0.717, 1.165) is 5.56 Å². The molecule has 2 aliphatic rings. The smallest absolute Gasteiger partial charge is 0.260 e. The van der Waals surface area contributed by atoms with Crippen LogP contribution in [0.25, 0.3) is 0 Å². The van der Waals surface area contributed by atoms with Crippen LogP contribution in [0.3, 0.4) is 0 Å². The number of piperidine rings is 1. The number of carbonyl (C=O) groups is 2. The van der Waals surface area contributed by atoms with Gasteiger partial charge in [-0.1, -0.05) is 11.6 Å². The van der Waals surface area contributed by atoms with Gasteiger partial charge in [-0.2, -0.15) is 0 Å². The molecule has 0 spiro atoms. The summed E-state index contributed by atoms with van der Waals surface area (Å²) in [5.41, 5.74) is 0.916. The highest BCUT2D eigenvalue weighted by molar-refractivity contribution is 6.31. The molecule has 0 unspecified atom stereocenters. The van der Waals surface area contributed by atoms with Crippen LogP contribution in [0, 0.1) is 12.8 Å². The van der Waals surface area contributed by atoms with E-state index in [1.54, 1.807) is 17.0 Å². The van der Waals surface area contributed by atoms with Crippen molar-refractivity contribution in [3.63, 3.8) is 0 Å². The SMILES string of the molecule is Cc1cc(OCC(=O)N2CCC(C(=O)N3CCOCC3)CC2)ccc1Cl. The number of hydrogen-bond donors (Lipinski definition) is 0. The van der Waals surface area contributed by atoms with Gasteiger partial charge in [0.05, 0.1) is 13.2 Å². The molecule has 0 aromatic heterocycles. The Bertz CT molecular complexity index is 653. The van der Waals surface area contributed by atoms with Crippen LogP contribution in [0.4, 0.5) is 0 Å². The van der Waals surface area contributed by atoms with Gasteiger partial charge >= 0.3 is 0 Å². The minimum Gasteiger partial charge on any atom is -0.484 e. The summed E-state index contributed by atoms with van der Waals surface area (Å²) in [6.07, 6.45) is 1.42. The van der Waals surface area contributed by atoms with Gasteiger partial charge in [0, 0.05) is 37.1 Å². The summed E-state index contributed by atoms with van der Waals surface area (Å²) in [5, 5.41) is 0.677. The molecule has 0 atom stereocenters. The normalized spacial score (nSPS) is 18.7. The van der Waals surface area contributed by atoms with E-state index < -0.39 is 0 Å². The Balaban J connectivity index is 1.44. The molecule has 0 saturated carbocycles. The highest BCUT2D eigenvalue weighted by atomic mass is 35.5. The summed E-state index contributed by atoms with van der Waals surface area (Å²) in [7, 11) is 0. The van der Waals surface area contributed by atoms with Crippen molar-refractivity contribution >= 4 is 23.4 Å². The van der Waals surface area contributed by atoms with E-state index >= 15 is 0 Å².